The molecule has 0 radical (unpaired) electrons. The molecule has 0 saturated carbocycles. The number of nitrogens with zero attached hydrogens (tertiary/aromatic N) is 3. The smallest absolute Gasteiger partial charge is 0.359 e. The van der Waals surface area contributed by atoms with Crippen LogP contribution in [0.25, 0.3) is 5.69 Å². The number of esters is 1. The van der Waals surface area contributed by atoms with Crippen LogP contribution in [-0.4, -0.2) is 39.7 Å². The molecule has 0 bridgehead atoms. The van der Waals surface area contributed by atoms with E-state index >= 15 is 0 Å². The Morgan fingerprint density at radius 1 is 1.21 bits per heavy atom. The van der Waals surface area contributed by atoms with Gasteiger partial charge in [-0.2, -0.15) is 5.10 Å². The average molecular weight is 404 g/mol. The third-order valence-electron chi connectivity index (χ3n) is 4.63. The monoisotopic (exact) mass is 403 g/mol. The molecule has 0 atom stereocenters. The van der Waals surface area contributed by atoms with Gasteiger partial charge in [0.1, 0.15) is 0 Å². The summed E-state index contributed by atoms with van der Waals surface area (Å²) in [7, 11) is 0. The molecule has 28 heavy (non-hydrogen) atoms. The van der Waals surface area contributed by atoms with Gasteiger partial charge in [-0.1, -0.05) is 32.4 Å². The summed E-state index contributed by atoms with van der Waals surface area (Å²) in [5.41, 5.74) is 2.72. The number of carbonyl (C=O) groups excluding carboxylic acids is 2. The van der Waals surface area contributed by atoms with Gasteiger partial charge in [0.15, 0.2) is 5.69 Å². The van der Waals surface area contributed by atoms with Crippen LogP contribution in [-0.2, 0) is 22.5 Å². The van der Waals surface area contributed by atoms with E-state index in [1.54, 1.807) is 23.7 Å². The van der Waals surface area contributed by atoms with Gasteiger partial charge in [-0.3, -0.25) is 4.79 Å². The van der Waals surface area contributed by atoms with E-state index in [0.29, 0.717) is 31.0 Å². The summed E-state index contributed by atoms with van der Waals surface area (Å²) in [4.78, 5) is 27.0. The van der Waals surface area contributed by atoms with Gasteiger partial charge in [0.25, 0.3) is 0 Å². The Kier molecular flexibility index (Phi) is 5.79. The standard InChI is InChI=1S/C21H26ClN3O3/c1-5-28-20(27)19-16-13-24(18(26)12-21(2,3)4)11-10-17(16)25(23-19)15-8-6-14(22)7-9-15/h6-9H,5,10-13H2,1-4H3. The van der Waals surface area contributed by atoms with Crippen molar-refractivity contribution < 1.29 is 14.3 Å². The quantitative estimate of drug-likeness (QED) is 0.723. The molecule has 0 aliphatic carbocycles. The summed E-state index contributed by atoms with van der Waals surface area (Å²) >= 11 is 6.00. The first-order valence-electron chi connectivity index (χ1n) is 9.51. The molecule has 0 saturated heterocycles. The molecule has 0 N–H and O–H groups in total. The largest absolute Gasteiger partial charge is 0.461 e. The highest BCUT2D eigenvalue weighted by Gasteiger charge is 2.32. The highest BCUT2D eigenvalue weighted by atomic mass is 35.5. The number of fused-ring (bicyclic) bond motifs is 1. The molecule has 7 heteroatoms. The first-order valence-corrected chi connectivity index (χ1v) is 9.89. The van der Waals surface area contributed by atoms with Crippen LogP contribution in [0.2, 0.25) is 5.02 Å². The van der Waals surface area contributed by atoms with Crippen molar-refractivity contribution in [3.63, 3.8) is 0 Å². The van der Waals surface area contributed by atoms with Crippen LogP contribution in [0, 0.1) is 5.41 Å². The summed E-state index contributed by atoms with van der Waals surface area (Å²) in [6.45, 7) is 9.14. The maximum Gasteiger partial charge on any atom is 0.359 e. The number of ether oxygens (including phenoxy) is 1. The summed E-state index contributed by atoms with van der Waals surface area (Å²) in [5, 5.41) is 5.17. The molecule has 1 aromatic heterocycles. The second kappa shape index (κ2) is 7.95. The average Bonchev–Trinajstić information content (AvgIpc) is 3.00. The fourth-order valence-corrected chi connectivity index (χ4v) is 3.48. The van der Waals surface area contributed by atoms with Crippen LogP contribution in [0.1, 0.15) is 55.9 Å². The van der Waals surface area contributed by atoms with Crippen LogP contribution >= 0.6 is 11.6 Å². The molecule has 2 aromatic rings. The predicted octanol–water partition coefficient (Wildman–Crippen LogP) is 4.02. The third-order valence-corrected chi connectivity index (χ3v) is 4.88. The zero-order valence-corrected chi connectivity index (χ0v) is 17.5. The number of benzene rings is 1. The van der Waals surface area contributed by atoms with Gasteiger partial charge < -0.3 is 9.64 Å². The topological polar surface area (TPSA) is 64.4 Å². The molecular weight excluding hydrogens is 378 g/mol. The van der Waals surface area contributed by atoms with Gasteiger partial charge >= 0.3 is 5.97 Å². The first-order chi connectivity index (χ1) is 13.2. The lowest BCUT2D eigenvalue weighted by Crippen LogP contribution is -2.38. The number of hydrogen-bond acceptors (Lipinski definition) is 4. The number of carbonyl (C=O) groups is 2. The van der Waals surface area contributed by atoms with Gasteiger partial charge in [0.2, 0.25) is 5.91 Å². The summed E-state index contributed by atoms with van der Waals surface area (Å²) < 4.78 is 6.97. The number of halogens is 1. The molecule has 1 aliphatic rings. The molecule has 0 unspecified atom stereocenters. The van der Waals surface area contributed by atoms with Crippen LogP contribution in [0.3, 0.4) is 0 Å². The van der Waals surface area contributed by atoms with Crippen LogP contribution in [0.4, 0.5) is 0 Å². The normalized spacial score (nSPS) is 14.0. The minimum Gasteiger partial charge on any atom is -0.461 e. The lowest BCUT2D eigenvalue weighted by atomic mass is 9.91. The lowest BCUT2D eigenvalue weighted by molar-refractivity contribution is -0.134. The number of rotatable bonds is 4. The molecule has 2 heterocycles. The summed E-state index contributed by atoms with van der Waals surface area (Å²) in [6.07, 6.45) is 1.09. The minimum atomic E-state index is -0.461. The van der Waals surface area contributed by atoms with E-state index < -0.39 is 5.97 Å². The van der Waals surface area contributed by atoms with Crippen molar-refractivity contribution in [3.8, 4) is 5.69 Å². The minimum absolute atomic E-state index is 0.0885. The van der Waals surface area contributed by atoms with Crippen molar-refractivity contribution in [1.29, 1.82) is 0 Å². The number of hydrogen-bond donors (Lipinski definition) is 0. The second-order valence-corrected chi connectivity index (χ2v) is 8.62. The van der Waals surface area contributed by atoms with Crippen molar-refractivity contribution in [2.24, 2.45) is 5.41 Å². The molecule has 150 valence electrons. The molecule has 0 fully saturated rings. The highest BCUT2D eigenvalue weighted by Crippen LogP contribution is 2.28. The molecule has 1 aromatic carbocycles. The second-order valence-electron chi connectivity index (χ2n) is 8.19. The third kappa shape index (κ3) is 4.38. The Morgan fingerprint density at radius 2 is 1.89 bits per heavy atom. The van der Waals surface area contributed by atoms with Gasteiger partial charge in [0.05, 0.1) is 18.0 Å². The summed E-state index contributed by atoms with van der Waals surface area (Å²) in [6, 6.07) is 7.30. The van der Waals surface area contributed by atoms with E-state index in [0.717, 1.165) is 16.9 Å². The molecule has 6 nitrogen and oxygen atoms in total. The zero-order valence-electron chi connectivity index (χ0n) is 16.8. The molecular formula is C21H26ClN3O3. The van der Waals surface area contributed by atoms with Crippen LogP contribution in [0.15, 0.2) is 24.3 Å². The lowest BCUT2D eigenvalue weighted by Gasteiger charge is -2.30. The molecule has 1 amide bonds. The van der Waals surface area contributed by atoms with Gasteiger partial charge in [-0.25, -0.2) is 9.48 Å². The molecule has 3 rings (SSSR count). The summed E-state index contributed by atoms with van der Waals surface area (Å²) in [5.74, 6) is -0.371. The highest BCUT2D eigenvalue weighted by molar-refractivity contribution is 6.30. The molecule has 1 aliphatic heterocycles. The van der Waals surface area contributed by atoms with Gasteiger partial charge in [0, 0.05) is 36.5 Å². The van der Waals surface area contributed by atoms with E-state index in [1.807, 2.05) is 37.8 Å². The first kappa shape index (κ1) is 20.4. The maximum atomic E-state index is 12.7. The van der Waals surface area contributed by atoms with Gasteiger partial charge in [-0.15, -0.1) is 0 Å². The Bertz CT molecular complexity index is 882. The number of aromatic nitrogens is 2. The van der Waals surface area contributed by atoms with Crippen molar-refractivity contribution in [1.82, 2.24) is 14.7 Å². The maximum absolute atomic E-state index is 12.7. The number of amides is 1. The van der Waals surface area contributed by atoms with Gasteiger partial charge in [-0.05, 0) is 36.6 Å². The Hall–Kier alpha value is -2.34. The van der Waals surface area contributed by atoms with Crippen LogP contribution < -0.4 is 0 Å². The van der Waals surface area contributed by atoms with Crippen LogP contribution in [0.5, 0.6) is 0 Å². The van der Waals surface area contributed by atoms with Crippen molar-refractivity contribution in [2.45, 2.75) is 47.1 Å². The van der Waals surface area contributed by atoms with Crippen molar-refractivity contribution in [3.05, 3.63) is 46.2 Å². The molecule has 0 spiro atoms. The Labute approximate surface area is 170 Å². The fourth-order valence-electron chi connectivity index (χ4n) is 3.36. The predicted molar refractivity (Wildman–Crippen MR) is 108 cm³/mol. The van der Waals surface area contributed by atoms with E-state index in [2.05, 4.69) is 5.10 Å². The SMILES string of the molecule is CCOC(=O)c1nn(-c2ccc(Cl)cc2)c2c1CN(C(=O)CC(C)(C)C)CC2. The zero-order chi connectivity index (χ0) is 20.5. The van der Waals surface area contributed by atoms with Crippen molar-refractivity contribution in [2.75, 3.05) is 13.2 Å². The Morgan fingerprint density at radius 3 is 2.50 bits per heavy atom. The Balaban J connectivity index is 1.98. The van der Waals surface area contributed by atoms with E-state index in [9.17, 15) is 9.59 Å². The van der Waals surface area contributed by atoms with Crippen molar-refractivity contribution >= 4 is 23.5 Å². The van der Waals surface area contributed by atoms with E-state index in [4.69, 9.17) is 16.3 Å². The van der Waals surface area contributed by atoms with E-state index in [-0.39, 0.29) is 23.6 Å². The van der Waals surface area contributed by atoms with E-state index in [1.165, 1.54) is 0 Å². The fraction of sp³-hybridized carbons (Fsp3) is 0.476.